The maximum absolute atomic E-state index is 6.20. The monoisotopic (exact) mass is 300 g/mol. The smallest absolute Gasteiger partial charge is 0.154 e. The Morgan fingerprint density at radius 3 is 2.63 bits per heavy atom. The van der Waals surface area contributed by atoms with Gasteiger partial charge in [-0.25, -0.2) is 4.98 Å². The van der Waals surface area contributed by atoms with Crippen LogP contribution in [0.1, 0.15) is 45.6 Å². The summed E-state index contributed by atoms with van der Waals surface area (Å²) in [6.45, 7) is 9.02. The van der Waals surface area contributed by atoms with E-state index >= 15 is 0 Å². The van der Waals surface area contributed by atoms with Crippen LogP contribution < -0.4 is 5.32 Å². The van der Waals surface area contributed by atoms with Crippen molar-refractivity contribution in [1.29, 1.82) is 0 Å². The fraction of sp³-hybridized carbons (Fsp3) is 0.667. The number of aromatic nitrogens is 1. The molecule has 2 rings (SSSR count). The Morgan fingerprint density at radius 2 is 2.05 bits per heavy atom. The average molecular weight is 301 g/mol. The van der Waals surface area contributed by atoms with Crippen molar-refractivity contribution >= 4 is 28.9 Å². The van der Waals surface area contributed by atoms with Crippen molar-refractivity contribution in [2.24, 2.45) is 11.3 Å². The van der Waals surface area contributed by atoms with Crippen LogP contribution in [0.15, 0.2) is 6.07 Å². The number of aryl methyl sites for hydroxylation is 1. The fourth-order valence-electron chi connectivity index (χ4n) is 3.12. The topological polar surface area (TPSA) is 24.9 Å². The van der Waals surface area contributed by atoms with Gasteiger partial charge >= 0.3 is 0 Å². The van der Waals surface area contributed by atoms with Gasteiger partial charge in [-0.2, -0.15) is 0 Å². The molecule has 1 fully saturated rings. The molecule has 0 saturated heterocycles. The van der Waals surface area contributed by atoms with E-state index in [1.807, 2.05) is 13.0 Å². The number of halogens is 2. The van der Waals surface area contributed by atoms with Crippen LogP contribution in [0.25, 0.3) is 0 Å². The SMILES string of the molecule is Cc1cc(Cl)nc(Cl)c1NC1CCC(C)(C)CC1C. The molecule has 0 amide bonds. The molecule has 0 spiro atoms. The summed E-state index contributed by atoms with van der Waals surface area (Å²) >= 11 is 12.1. The Morgan fingerprint density at radius 1 is 1.37 bits per heavy atom. The minimum absolute atomic E-state index is 0.450. The zero-order chi connectivity index (χ0) is 14.2. The summed E-state index contributed by atoms with van der Waals surface area (Å²) in [7, 11) is 0. The van der Waals surface area contributed by atoms with Crippen molar-refractivity contribution in [1.82, 2.24) is 4.98 Å². The van der Waals surface area contributed by atoms with Crippen molar-refractivity contribution in [2.75, 3.05) is 5.32 Å². The van der Waals surface area contributed by atoms with E-state index in [4.69, 9.17) is 23.2 Å². The molecule has 0 aromatic carbocycles. The fourth-order valence-corrected chi connectivity index (χ4v) is 3.70. The molecule has 106 valence electrons. The highest BCUT2D eigenvalue weighted by Gasteiger charge is 2.32. The van der Waals surface area contributed by atoms with E-state index in [0.717, 1.165) is 11.3 Å². The molecule has 1 N–H and O–H groups in total. The second-order valence-electron chi connectivity index (χ2n) is 6.56. The third-order valence-corrected chi connectivity index (χ3v) is 4.63. The molecule has 0 bridgehead atoms. The van der Waals surface area contributed by atoms with Gasteiger partial charge in [0.15, 0.2) is 5.15 Å². The average Bonchev–Trinajstić information content (AvgIpc) is 2.24. The normalized spacial score (nSPS) is 26.2. The van der Waals surface area contributed by atoms with Gasteiger partial charge in [0.05, 0.1) is 5.69 Å². The van der Waals surface area contributed by atoms with Crippen LogP contribution in [-0.4, -0.2) is 11.0 Å². The molecular formula is C15H22Cl2N2. The number of rotatable bonds is 2. The largest absolute Gasteiger partial charge is 0.379 e. The third-order valence-electron chi connectivity index (χ3n) is 4.16. The van der Waals surface area contributed by atoms with Gasteiger partial charge in [-0.3, -0.25) is 0 Å². The molecule has 19 heavy (non-hydrogen) atoms. The zero-order valence-electron chi connectivity index (χ0n) is 12.1. The van der Waals surface area contributed by atoms with E-state index in [1.165, 1.54) is 19.3 Å². The van der Waals surface area contributed by atoms with Crippen molar-refractivity contribution < 1.29 is 0 Å². The first-order valence-electron chi connectivity index (χ1n) is 6.88. The van der Waals surface area contributed by atoms with Crippen molar-refractivity contribution in [3.8, 4) is 0 Å². The van der Waals surface area contributed by atoms with Gasteiger partial charge in [0.2, 0.25) is 0 Å². The second-order valence-corrected chi connectivity index (χ2v) is 7.31. The highest BCUT2D eigenvalue weighted by atomic mass is 35.5. The number of hydrogen-bond acceptors (Lipinski definition) is 2. The number of pyridine rings is 1. The van der Waals surface area contributed by atoms with Crippen LogP contribution >= 0.6 is 23.2 Å². The lowest BCUT2D eigenvalue weighted by molar-refractivity contribution is 0.177. The van der Waals surface area contributed by atoms with Crippen LogP contribution in [0.3, 0.4) is 0 Å². The van der Waals surface area contributed by atoms with Crippen LogP contribution in [-0.2, 0) is 0 Å². The number of nitrogens with zero attached hydrogens (tertiary/aromatic N) is 1. The Balaban J connectivity index is 2.14. The molecule has 1 heterocycles. The van der Waals surface area contributed by atoms with Gasteiger partial charge in [0.25, 0.3) is 0 Å². The lowest BCUT2D eigenvalue weighted by Gasteiger charge is -2.40. The third kappa shape index (κ3) is 3.55. The van der Waals surface area contributed by atoms with E-state index in [9.17, 15) is 0 Å². The lowest BCUT2D eigenvalue weighted by Crippen LogP contribution is -2.37. The van der Waals surface area contributed by atoms with Crippen LogP contribution in [0.4, 0.5) is 5.69 Å². The standard InChI is InChI=1S/C15H22Cl2N2/c1-9-7-12(16)19-14(17)13(9)18-11-5-6-15(3,4)8-10(11)2/h7,10-11,18H,5-6,8H2,1-4H3. The molecule has 1 aliphatic rings. The summed E-state index contributed by atoms with van der Waals surface area (Å²) in [5.74, 6) is 0.634. The molecule has 2 atom stereocenters. The number of anilines is 1. The Kier molecular flexibility index (Phi) is 4.32. The van der Waals surface area contributed by atoms with Gasteiger partial charge < -0.3 is 5.32 Å². The minimum Gasteiger partial charge on any atom is -0.379 e. The first kappa shape index (κ1) is 14.9. The van der Waals surface area contributed by atoms with Gasteiger partial charge in [0.1, 0.15) is 5.15 Å². The maximum atomic E-state index is 6.20. The molecular weight excluding hydrogens is 279 g/mol. The van der Waals surface area contributed by atoms with Gasteiger partial charge in [-0.05, 0) is 49.1 Å². The molecule has 1 saturated carbocycles. The predicted octanol–water partition coefficient (Wildman–Crippen LogP) is 5.32. The molecule has 0 aliphatic heterocycles. The molecule has 1 aromatic rings. The molecule has 1 aliphatic carbocycles. The Bertz CT molecular complexity index is 448. The molecule has 4 heteroatoms. The first-order chi connectivity index (χ1) is 8.78. The minimum atomic E-state index is 0.450. The summed E-state index contributed by atoms with van der Waals surface area (Å²) < 4.78 is 0. The second kappa shape index (κ2) is 5.49. The van der Waals surface area contributed by atoms with E-state index < -0.39 is 0 Å². The highest BCUT2D eigenvalue weighted by molar-refractivity contribution is 6.34. The molecule has 0 radical (unpaired) electrons. The highest BCUT2D eigenvalue weighted by Crippen LogP contribution is 2.40. The Hall–Kier alpha value is -0.470. The summed E-state index contributed by atoms with van der Waals surface area (Å²) in [4.78, 5) is 4.12. The number of hydrogen-bond donors (Lipinski definition) is 1. The Labute approximate surface area is 125 Å². The maximum Gasteiger partial charge on any atom is 0.154 e. The zero-order valence-corrected chi connectivity index (χ0v) is 13.6. The van der Waals surface area contributed by atoms with Crippen molar-refractivity contribution in [3.63, 3.8) is 0 Å². The van der Waals surface area contributed by atoms with Crippen LogP contribution in [0.5, 0.6) is 0 Å². The summed E-state index contributed by atoms with van der Waals surface area (Å²) in [6, 6.07) is 2.32. The summed E-state index contributed by atoms with van der Waals surface area (Å²) in [5.41, 5.74) is 2.44. The van der Waals surface area contributed by atoms with Gasteiger partial charge in [-0.1, -0.05) is 44.0 Å². The molecule has 1 aromatic heterocycles. The van der Waals surface area contributed by atoms with Gasteiger partial charge in [0, 0.05) is 6.04 Å². The van der Waals surface area contributed by atoms with Crippen LogP contribution in [0, 0.1) is 18.3 Å². The van der Waals surface area contributed by atoms with E-state index in [1.54, 1.807) is 0 Å². The first-order valence-corrected chi connectivity index (χ1v) is 7.63. The van der Waals surface area contributed by atoms with Crippen LogP contribution in [0.2, 0.25) is 10.3 Å². The van der Waals surface area contributed by atoms with Crippen molar-refractivity contribution in [2.45, 2.75) is 53.0 Å². The van der Waals surface area contributed by atoms with Crippen molar-refractivity contribution in [3.05, 3.63) is 21.9 Å². The summed E-state index contributed by atoms with van der Waals surface area (Å²) in [5, 5.41) is 4.50. The van der Waals surface area contributed by atoms with Gasteiger partial charge in [-0.15, -0.1) is 0 Å². The lowest BCUT2D eigenvalue weighted by atomic mass is 9.70. The summed E-state index contributed by atoms with van der Waals surface area (Å²) in [6.07, 6.45) is 3.65. The number of nitrogens with one attached hydrogen (secondary N) is 1. The quantitative estimate of drug-likeness (QED) is 0.747. The van der Waals surface area contributed by atoms with E-state index in [0.29, 0.717) is 27.7 Å². The molecule has 2 nitrogen and oxygen atoms in total. The predicted molar refractivity (Wildman–Crippen MR) is 83.2 cm³/mol. The van der Waals surface area contributed by atoms with E-state index in [2.05, 4.69) is 31.1 Å². The molecule has 2 unspecified atom stereocenters. The van der Waals surface area contributed by atoms with E-state index in [-0.39, 0.29) is 0 Å².